The number of halogens is 1. The number of aliphatic hydroxyl groups excluding tert-OH is 1. The fourth-order valence-corrected chi connectivity index (χ4v) is 2.70. The number of aliphatic hydroxyl groups is 1. The highest BCUT2D eigenvalue weighted by Crippen LogP contribution is 2.28. The SMILES string of the molecule is OC1CCN(c2ccc(Cl)cc2CNC2CC2)C1. The second-order valence-corrected chi connectivity index (χ2v) is 5.75. The normalized spacial score (nSPS) is 23.7. The lowest BCUT2D eigenvalue weighted by atomic mass is 10.1. The van der Waals surface area contributed by atoms with Gasteiger partial charge in [0, 0.05) is 36.4 Å². The number of anilines is 1. The predicted octanol–water partition coefficient (Wildman–Crippen LogP) is 2.16. The maximum absolute atomic E-state index is 9.65. The first kappa shape index (κ1) is 12.3. The van der Waals surface area contributed by atoms with E-state index < -0.39 is 0 Å². The fraction of sp³-hybridized carbons (Fsp3) is 0.571. The number of β-amino-alcohol motifs (C(OH)–C–C–N with tert-alkyl or cyclic N) is 1. The van der Waals surface area contributed by atoms with Gasteiger partial charge in [0.15, 0.2) is 0 Å². The lowest BCUT2D eigenvalue weighted by molar-refractivity contribution is 0.198. The van der Waals surface area contributed by atoms with Crippen molar-refractivity contribution in [3.8, 4) is 0 Å². The molecule has 1 aromatic rings. The molecule has 2 aliphatic rings. The summed E-state index contributed by atoms with van der Waals surface area (Å²) in [6, 6.07) is 6.74. The van der Waals surface area contributed by atoms with Crippen molar-refractivity contribution < 1.29 is 5.11 Å². The minimum Gasteiger partial charge on any atom is -0.391 e. The summed E-state index contributed by atoms with van der Waals surface area (Å²) in [5.74, 6) is 0. The van der Waals surface area contributed by atoms with Gasteiger partial charge in [0.1, 0.15) is 0 Å². The van der Waals surface area contributed by atoms with E-state index in [0.29, 0.717) is 6.04 Å². The van der Waals surface area contributed by atoms with Crippen molar-refractivity contribution in [3.63, 3.8) is 0 Å². The zero-order valence-electron chi connectivity index (χ0n) is 10.4. The summed E-state index contributed by atoms with van der Waals surface area (Å²) in [5, 5.41) is 14.0. The number of rotatable bonds is 4. The summed E-state index contributed by atoms with van der Waals surface area (Å²) in [7, 11) is 0. The number of hydrogen-bond acceptors (Lipinski definition) is 3. The van der Waals surface area contributed by atoms with Crippen LogP contribution in [0.25, 0.3) is 0 Å². The van der Waals surface area contributed by atoms with Gasteiger partial charge in [0.25, 0.3) is 0 Å². The minimum atomic E-state index is -0.190. The van der Waals surface area contributed by atoms with E-state index >= 15 is 0 Å². The monoisotopic (exact) mass is 266 g/mol. The standard InChI is InChI=1S/C14H19ClN2O/c15-11-1-4-14(17-6-5-13(18)9-17)10(7-11)8-16-12-2-3-12/h1,4,7,12-13,16,18H,2-3,5-6,8-9H2. The molecule has 2 N–H and O–H groups in total. The van der Waals surface area contributed by atoms with Gasteiger partial charge in [-0.25, -0.2) is 0 Å². The third kappa shape index (κ3) is 2.79. The molecule has 1 heterocycles. The Balaban J connectivity index is 1.77. The third-order valence-electron chi connectivity index (χ3n) is 3.70. The van der Waals surface area contributed by atoms with Crippen LogP contribution in [0.3, 0.4) is 0 Å². The van der Waals surface area contributed by atoms with Crippen LogP contribution in [-0.2, 0) is 6.54 Å². The van der Waals surface area contributed by atoms with Gasteiger partial charge in [-0.05, 0) is 43.0 Å². The summed E-state index contributed by atoms with van der Waals surface area (Å²) < 4.78 is 0. The first-order chi connectivity index (χ1) is 8.72. The average Bonchev–Trinajstić information content (AvgIpc) is 3.08. The van der Waals surface area contributed by atoms with Crippen LogP contribution < -0.4 is 10.2 Å². The van der Waals surface area contributed by atoms with Gasteiger partial charge in [-0.15, -0.1) is 0 Å². The Morgan fingerprint density at radius 2 is 2.17 bits per heavy atom. The Labute approximate surface area is 113 Å². The first-order valence-electron chi connectivity index (χ1n) is 6.67. The highest BCUT2D eigenvalue weighted by molar-refractivity contribution is 6.30. The molecule has 3 rings (SSSR count). The highest BCUT2D eigenvalue weighted by atomic mass is 35.5. The van der Waals surface area contributed by atoms with E-state index in [0.717, 1.165) is 31.1 Å². The Morgan fingerprint density at radius 3 is 2.83 bits per heavy atom. The molecule has 4 heteroatoms. The molecule has 0 amide bonds. The lowest BCUT2D eigenvalue weighted by Gasteiger charge is -2.22. The second kappa shape index (κ2) is 5.08. The van der Waals surface area contributed by atoms with Crippen LogP contribution in [0.5, 0.6) is 0 Å². The summed E-state index contributed by atoms with van der Waals surface area (Å²) in [4.78, 5) is 2.25. The molecule has 0 spiro atoms. The predicted molar refractivity (Wildman–Crippen MR) is 74.2 cm³/mol. The average molecular weight is 267 g/mol. The van der Waals surface area contributed by atoms with E-state index in [2.05, 4.69) is 16.3 Å². The van der Waals surface area contributed by atoms with Gasteiger partial charge >= 0.3 is 0 Å². The van der Waals surface area contributed by atoms with Crippen LogP contribution in [0.15, 0.2) is 18.2 Å². The zero-order chi connectivity index (χ0) is 12.5. The molecule has 18 heavy (non-hydrogen) atoms. The third-order valence-corrected chi connectivity index (χ3v) is 3.94. The van der Waals surface area contributed by atoms with E-state index in [1.54, 1.807) is 0 Å². The summed E-state index contributed by atoms with van der Waals surface area (Å²) in [6.07, 6.45) is 3.25. The largest absolute Gasteiger partial charge is 0.391 e. The molecule has 1 saturated carbocycles. The Hall–Kier alpha value is -0.770. The summed E-state index contributed by atoms with van der Waals surface area (Å²) in [6.45, 7) is 2.53. The molecule has 1 atom stereocenters. The number of nitrogens with zero attached hydrogens (tertiary/aromatic N) is 1. The van der Waals surface area contributed by atoms with Crippen molar-refractivity contribution >= 4 is 17.3 Å². The molecule has 98 valence electrons. The summed E-state index contributed by atoms with van der Waals surface area (Å²) in [5.41, 5.74) is 2.45. The number of hydrogen-bond donors (Lipinski definition) is 2. The van der Waals surface area contributed by atoms with Gasteiger partial charge in [-0.1, -0.05) is 11.6 Å². The van der Waals surface area contributed by atoms with Crippen LogP contribution >= 0.6 is 11.6 Å². The van der Waals surface area contributed by atoms with Crippen molar-refractivity contribution in [1.29, 1.82) is 0 Å². The Morgan fingerprint density at radius 1 is 1.33 bits per heavy atom. The van der Waals surface area contributed by atoms with E-state index in [4.69, 9.17) is 11.6 Å². The van der Waals surface area contributed by atoms with Gasteiger partial charge in [-0.2, -0.15) is 0 Å². The smallest absolute Gasteiger partial charge is 0.0731 e. The number of nitrogens with one attached hydrogen (secondary N) is 1. The van der Waals surface area contributed by atoms with Gasteiger partial charge in [0.05, 0.1) is 6.10 Å². The van der Waals surface area contributed by atoms with Crippen molar-refractivity contribution in [2.75, 3.05) is 18.0 Å². The molecule has 3 nitrogen and oxygen atoms in total. The molecule has 0 radical (unpaired) electrons. The van der Waals surface area contributed by atoms with E-state index in [-0.39, 0.29) is 6.10 Å². The molecule has 1 aliphatic heterocycles. The van der Waals surface area contributed by atoms with Gasteiger partial charge in [0.2, 0.25) is 0 Å². The molecular formula is C14H19ClN2O. The molecule has 0 aromatic heterocycles. The fourth-order valence-electron chi connectivity index (χ4n) is 2.51. The first-order valence-corrected chi connectivity index (χ1v) is 7.05. The maximum Gasteiger partial charge on any atom is 0.0731 e. The van der Waals surface area contributed by atoms with Crippen LogP contribution in [0.2, 0.25) is 5.02 Å². The number of benzene rings is 1. The van der Waals surface area contributed by atoms with Crippen molar-refractivity contribution in [2.45, 2.75) is 38.0 Å². The lowest BCUT2D eigenvalue weighted by Crippen LogP contribution is -2.24. The van der Waals surface area contributed by atoms with Crippen LogP contribution in [0.1, 0.15) is 24.8 Å². The van der Waals surface area contributed by atoms with Crippen molar-refractivity contribution in [1.82, 2.24) is 5.32 Å². The topological polar surface area (TPSA) is 35.5 Å². The van der Waals surface area contributed by atoms with E-state index in [1.807, 2.05) is 12.1 Å². The van der Waals surface area contributed by atoms with Crippen LogP contribution in [0.4, 0.5) is 5.69 Å². The Kier molecular flexibility index (Phi) is 3.46. The highest BCUT2D eigenvalue weighted by Gasteiger charge is 2.24. The molecule has 2 fully saturated rings. The van der Waals surface area contributed by atoms with Crippen molar-refractivity contribution in [2.24, 2.45) is 0 Å². The van der Waals surface area contributed by atoms with E-state index in [9.17, 15) is 5.11 Å². The quantitative estimate of drug-likeness (QED) is 0.877. The second-order valence-electron chi connectivity index (χ2n) is 5.32. The molecule has 0 bridgehead atoms. The van der Waals surface area contributed by atoms with E-state index in [1.165, 1.54) is 24.1 Å². The Bertz CT molecular complexity index is 434. The molecule has 1 aromatic carbocycles. The minimum absolute atomic E-state index is 0.190. The summed E-state index contributed by atoms with van der Waals surface area (Å²) >= 11 is 6.09. The van der Waals surface area contributed by atoms with Crippen molar-refractivity contribution in [3.05, 3.63) is 28.8 Å². The molecular weight excluding hydrogens is 248 g/mol. The van der Waals surface area contributed by atoms with Crippen LogP contribution in [-0.4, -0.2) is 30.3 Å². The van der Waals surface area contributed by atoms with Gasteiger partial charge < -0.3 is 15.3 Å². The zero-order valence-corrected chi connectivity index (χ0v) is 11.2. The maximum atomic E-state index is 9.65. The molecule has 1 unspecified atom stereocenters. The van der Waals surface area contributed by atoms with Gasteiger partial charge in [-0.3, -0.25) is 0 Å². The molecule has 1 saturated heterocycles. The van der Waals surface area contributed by atoms with Crippen LogP contribution in [0, 0.1) is 0 Å². The molecule has 1 aliphatic carbocycles.